The van der Waals surface area contributed by atoms with Crippen LogP contribution in [0.2, 0.25) is 0 Å². The van der Waals surface area contributed by atoms with Gasteiger partial charge in [-0.15, -0.1) is 0 Å². The van der Waals surface area contributed by atoms with E-state index < -0.39 is 5.97 Å². The third kappa shape index (κ3) is 1.90. The first-order chi connectivity index (χ1) is 8.04. The third-order valence-electron chi connectivity index (χ3n) is 3.02. The molecule has 4 heteroatoms. The van der Waals surface area contributed by atoms with Gasteiger partial charge in [-0.1, -0.05) is 13.0 Å². The molecule has 0 saturated carbocycles. The second-order valence-electron chi connectivity index (χ2n) is 4.19. The number of fused-ring (bicyclic) bond motifs is 1. The summed E-state index contributed by atoms with van der Waals surface area (Å²) >= 11 is 0. The van der Waals surface area contributed by atoms with Gasteiger partial charge in [0.15, 0.2) is 5.78 Å². The van der Waals surface area contributed by atoms with E-state index >= 15 is 0 Å². The fraction of sp³-hybridized carbons (Fsp3) is 0.385. The number of cyclic esters (lactones) is 1. The fourth-order valence-corrected chi connectivity index (χ4v) is 2.04. The van der Waals surface area contributed by atoms with Crippen LogP contribution in [0.5, 0.6) is 5.75 Å². The van der Waals surface area contributed by atoms with E-state index in [1.54, 1.807) is 12.1 Å². The summed E-state index contributed by atoms with van der Waals surface area (Å²) < 4.78 is 5.17. The maximum atomic E-state index is 11.8. The molecule has 90 valence electrons. The van der Waals surface area contributed by atoms with Crippen LogP contribution in [0.15, 0.2) is 12.1 Å². The molecule has 0 saturated heterocycles. The van der Waals surface area contributed by atoms with E-state index in [0.29, 0.717) is 6.42 Å². The van der Waals surface area contributed by atoms with Crippen molar-refractivity contribution in [3.05, 3.63) is 28.8 Å². The first-order valence-corrected chi connectivity index (χ1v) is 5.61. The van der Waals surface area contributed by atoms with Gasteiger partial charge in [0.1, 0.15) is 17.4 Å². The molecule has 0 aromatic heterocycles. The molecule has 17 heavy (non-hydrogen) atoms. The minimum atomic E-state index is -0.543. The summed E-state index contributed by atoms with van der Waals surface area (Å²) in [6.45, 7) is 3.29. The topological polar surface area (TPSA) is 63.6 Å². The Morgan fingerprint density at radius 2 is 2.24 bits per heavy atom. The number of hydrogen-bond acceptors (Lipinski definition) is 4. The Kier molecular flexibility index (Phi) is 2.88. The highest BCUT2D eigenvalue weighted by molar-refractivity contribution is 6.03. The number of benzene rings is 1. The molecule has 1 heterocycles. The number of aromatic hydroxyl groups is 1. The highest BCUT2D eigenvalue weighted by Gasteiger charge is 2.29. The molecule has 0 bridgehead atoms. The lowest BCUT2D eigenvalue weighted by atomic mass is 9.93. The molecular formula is C13H14O4. The lowest BCUT2D eigenvalue weighted by Crippen LogP contribution is -2.27. The van der Waals surface area contributed by atoms with E-state index in [1.807, 2.05) is 6.92 Å². The molecule has 2 rings (SSSR count). The van der Waals surface area contributed by atoms with Gasteiger partial charge in [0.05, 0.1) is 5.56 Å². The van der Waals surface area contributed by atoms with Crippen LogP contribution in [0.4, 0.5) is 0 Å². The van der Waals surface area contributed by atoms with Gasteiger partial charge >= 0.3 is 5.97 Å². The number of rotatable bonds is 2. The summed E-state index contributed by atoms with van der Waals surface area (Å²) in [6, 6.07) is 3.27. The number of phenols is 1. The van der Waals surface area contributed by atoms with Crippen molar-refractivity contribution in [2.24, 2.45) is 0 Å². The highest BCUT2D eigenvalue weighted by atomic mass is 16.5. The summed E-state index contributed by atoms with van der Waals surface area (Å²) in [5.41, 5.74) is 1.05. The van der Waals surface area contributed by atoms with Gasteiger partial charge in [-0.05, 0) is 25.0 Å². The van der Waals surface area contributed by atoms with Crippen LogP contribution in [-0.4, -0.2) is 23.0 Å². The first-order valence-electron chi connectivity index (χ1n) is 5.61. The van der Waals surface area contributed by atoms with Crippen molar-refractivity contribution < 1.29 is 19.4 Å². The quantitative estimate of drug-likeness (QED) is 0.628. The van der Waals surface area contributed by atoms with Crippen molar-refractivity contribution in [2.75, 3.05) is 0 Å². The van der Waals surface area contributed by atoms with Crippen LogP contribution in [0.1, 0.15) is 46.5 Å². The molecule has 1 aliphatic heterocycles. The van der Waals surface area contributed by atoms with Gasteiger partial charge in [-0.2, -0.15) is 0 Å². The lowest BCUT2D eigenvalue weighted by molar-refractivity contribution is 0.0245. The molecule has 1 aliphatic rings. The van der Waals surface area contributed by atoms with E-state index in [4.69, 9.17) is 4.74 Å². The Hall–Kier alpha value is -1.84. The predicted octanol–water partition coefficient (Wildman–Crippen LogP) is 2.09. The summed E-state index contributed by atoms with van der Waals surface area (Å²) in [5, 5.41) is 9.91. The number of carbonyl (C=O) groups is 2. The van der Waals surface area contributed by atoms with Crippen LogP contribution >= 0.6 is 0 Å². The summed E-state index contributed by atoms with van der Waals surface area (Å²) in [7, 11) is 0. The Bertz CT molecular complexity index is 490. The zero-order valence-electron chi connectivity index (χ0n) is 9.82. The van der Waals surface area contributed by atoms with Gasteiger partial charge < -0.3 is 9.84 Å². The van der Waals surface area contributed by atoms with Gasteiger partial charge in [0.2, 0.25) is 0 Å². The lowest BCUT2D eigenvalue weighted by Gasteiger charge is -2.24. The molecule has 1 N–H and O–H groups in total. The van der Waals surface area contributed by atoms with Crippen molar-refractivity contribution in [3.8, 4) is 5.75 Å². The van der Waals surface area contributed by atoms with E-state index in [9.17, 15) is 14.7 Å². The Labute approximate surface area is 99.2 Å². The molecule has 0 amide bonds. The predicted molar refractivity (Wildman–Crippen MR) is 61.3 cm³/mol. The smallest absolute Gasteiger partial charge is 0.342 e. The van der Waals surface area contributed by atoms with Crippen molar-refractivity contribution in [1.82, 2.24) is 0 Å². The van der Waals surface area contributed by atoms with Crippen molar-refractivity contribution in [1.29, 1.82) is 0 Å². The van der Waals surface area contributed by atoms with Crippen LogP contribution in [0.3, 0.4) is 0 Å². The number of esters is 1. The third-order valence-corrected chi connectivity index (χ3v) is 3.02. The zero-order chi connectivity index (χ0) is 12.6. The standard InChI is InChI=1S/C13H14O4/c1-3-9-6-8-4-5-10(7(2)14)12(15)11(8)13(16)17-9/h4-5,9,15H,3,6H2,1-2H3. The summed E-state index contributed by atoms with van der Waals surface area (Å²) in [5.74, 6) is -1.07. The number of carbonyl (C=O) groups excluding carboxylic acids is 2. The second kappa shape index (κ2) is 4.20. The van der Waals surface area contributed by atoms with Crippen LogP contribution in [0.25, 0.3) is 0 Å². The maximum Gasteiger partial charge on any atom is 0.342 e. The Morgan fingerprint density at radius 3 is 2.82 bits per heavy atom. The molecular weight excluding hydrogens is 220 g/mol. The first kappa shape index (κ1) is 11.6. The Morgan fingerprint density at radius 1 is 1.53 bits per heavy atom. The fourth-order valence-electron chi connectivity index (χ4n) is 2.04. The van der Waals surface area contributed by atoms with E-state index in [2.05, 4.69) is 0 Å². The normalized spacial score (nSPS) is 18.5. The number of hydrogen-bond donors (Lipinski definition) is 1. The van der Waals surface area contributed by atoms with Crippen LogP contribution in [0, 0.1) is 0 Å². The van der Waals surface area contributed by atoms with Crippen LogP contribution in [-0.2, 0) is 11.2 Å². The monoisotopic (exact) mass is 234 g/mol. The minimum Gasteiger partial charge on any atom is -0.506 e. The minimum absolute atomic E-state index is 0.141. The molecule has 0 radical (unpaired) electrons. The summed E-state index contributed by atoms with van der Waals surface area (Å²) in [4.78, 5) is 23.0. The highest BCUT2D eigenvalue weighted by Crippen LogP contribution is 2.32. The number of ether oxygens (including phenoxy) is 1. The van der Waals surface area contributed by atoms with Crippen molar-refractivity contribution in [2.45, 2.75) is 32.8 Å². The maximum absolute atomic E-state index is 11.8. The molecule has 0 fully saturated rings. The van der Waals surface area contributed by atoms with Gasteiger partial charge in [-0.3, -0.25) is 4.79 Å². The van der Waals surface area contributed by atoms with Crippen molar-refractivity contribution >= 4 is 11.8 Å². The van der Waals surface area contributed by atoms with Crippen molar-refractivity contribution in [3.63, 3.8) is 0 Å². The van der Waals surface area contributed by atoms with E-state index in [0.717, 1.165) is 12.0 Å². The van der Waals surface area contributed by atoms with E-state index in [1.165, 1.54) is 6.92 Å². The zero-order valence-corrected chi connectivity index (χ0v) is 9.82. The molecule has 1 aromatic carbocycles. The largest absolute Gasteiger partial charge is 0.506 e. The second-order valence-corrected chi connectivity index (χ2v) is 4.19. The molecule has 0 spiro atoms. The molecule has 1 unspecified atom stereocenters. The SMILES string of the molecule is CCC1Cc2ccc(C(C)=O)c(O)c2C(=O)O1. The van der Waals surface area contributed by atoms with Gasteiger partial charge in [0.25, 0.3) is 0 Å². The molecule has 1 atom stereocenters. The average molecular weight is 234 g/mol. The van der Waals surface area contributed by atoms with Crippen LogP contribution < -0.4 is 0 Å². The average Bonchev–Trinajstić information content (AvgIpc) is 2.28. The van der Waals surface area contributed by atoms with Gasteiger partial charge in [-0.25, -0.2) is 4.79 Å². The molecule has 1 aromatic rings. The Balaban J connectivity index is 2.53. The van der Waals surface area contributed by atoms with E-state index in [-0.39, 0.29) is 28.8 Å². The van der Waals surface area contributed by atoms with Gasteiger partial charge in [0, 0.05) is 6.42 Å². The molecule has 4 nitrogen and oxygen atoms in total. The number of Topliss-reactive ketones (excluding diaryl/α,β-unsaturated/α-hetero) is 1. The molecule has 0 aliphatic carbocycles. The number of ketones is 1. The number of phenolic OH excluding ortho intramolecular Hbond substituents is 1. The summed E-state index contributed by atoms with van der Waals surface area (Å²) in [6.07, 6.45) is 1.18.